The molecule has 1 amide bonds. The highest BCUT2D eigenvalue weighted by atomic mass is 16.3. The van der Waals surface area contributed by atoms with Crippen molar-refractivity contribution >= 4 is 11.6 Å². The van der Waals surface area contributed by atoms with Crippen LogP contribution in [0.1, 0.15) is 66.2 Å². The Morgan fingerprint density at radius 3 is 2.48 bits per heavy atom. The summed E-state index contributed by atoms with van der Waals surface area (Å²) >= 11 is 0. The molecule has 5 nitrogen and oxygen atoms in total. The van der Waals surface area contributed by atoms with Gasteiger partial charge in [0, 0.05) is 34.5 Å². The van der Waals surface area contributed by atoms with E-state index in [1.807, 2.05) is 36.4 Å². The monoisotopic (exact) mass is 387 g/mol. The van der Waals surface area contributed by atoms with Crippen LogP contribution in [-0.4, -0.2) is 20.8 Å². The van der Waals surface area contributed by atoms with Gasteiger partial charge in [0.25, 0.3) is 5.91 Å². The number of aryl methyl sites for hydroxylation is 1. The highest BCUT2D eigenvalue weighted by Crippen LogP contribution is 2.46. The summed E-state index contributed by atoms with van der Waals surface area (Å²) in [6.07, 6.45) is 5.78. The van der Waals surface area contributed by atoms with E-state index in [4.69, 9.17) is 5.10 Å². The summed E-state index contributed by atoms with van der Waals surface area (Å²) in [5.41, 5.74) is 5.18. The van der Waals surface area contributed by atoms with E-state index in [1.54, 1.807) is 6.07 Å². The predicted molar refractivity (Wildman–Crippen MR) is 113 cm³/mol. The van der Waals surface area contributed by atoms with Crippen LogP contribution < -0.4 is 5.32 Å². The molecule has 2 aliphatic carbocycles. The molecule has 1 aromatic heterocycles. The number of aromatic hydroxyl groups is 1. The molecule has 0 aliphatic heterocycles. The fourth-order valence-corrected chi connectivity index (χ4v) is 3.76. The normalized spacial score (nSPS) is 16.0. The third kappa shape index (κ3) is 3.65. The molecule has 0 unspecified atom stereocenters. The molecule has 5 rings (SSSR count). The number of carbonyl (C=O) groups excluding carboxylic acids is 1. The summed E-state index contributed by atoms with van der Waals surface area (Å²) in [6.45, 7) is 2.08. The number of hydrogen-bond donors (Lipinski definition) is 2. The maximum Gasteiger partial charge on any atom is 0.255 e. The summed E-state index contributed by atoms with van der Waals surface area (Å²) in [5.74, 6) is 0.567. The summed E-state index contributed by atoms with van der Waals surface area (Å²) in [4.78, 5) is 12.5. The first kappa shape index (κ1) is 18.0. The molecule has 0 atom stereocenters. The number of anilines is 1. The number of carbonyl (C=O) groups is 1. The highest BCUT2D eigenvalue weighted by molar-refractivity contribution is 6.04. The molecule has 0 bridgehead atoms. The Kier molecular flexibility index (Phi) is 4.38. The molecule has 0 saturated heterocycles. The van der Waals surface area contributed by atoms with E-state index < -0.39 is 0 Å². The predicted octanol–water partition coefficient (Wildman–Crippen LogP) is 5.28. The van der Waals surface area contributed by atoms with Crippen molar-refractivity contribution in [1.82, 2.24) is 9.78 Å². The van der Waals surface area contributed by atoms with Crippen molar-refractivity contribution in [1.29, 1.82) is 0 Å². The van der Waals surface area contributed by atoms with Crippen molar-refractivity contribution < 1.29 is 9.90 Å². The van der Waals surface area contributed by atoms with Gasteiger partial charge in [-0.15, -0.1) is 0 Å². The Bertz CT molecular complexity index is 1030. The minimum Gasteiger partial charge on any atom is -0.507 e. The van der Waals surface area contributed by atoms with Gasteiger partial charge in [0.05, 0.1) is 11.7 Å². The molecular weight excluding hydrogens is 362 g/mol. The van der Waals surface area contributed by atoms with Crippen LogP contribution in [0.15, 0.2) is 48.5 Å². The van der Waals surface area contributed by atoms with Gasteiger partial charge in [0.2, 0.25) is 0 Å². The zero-order valence-electron chi connectivity index (χ0n) is 16.6. The zero-order valence-corrected chi connectivity index (χ0v) is 16.6. The van der Waals surface area contributed by atoms with E-state index in [1.165, 1.54) is 36.9 Å². The van der Waals surface area contributed by atoms with Crippen LogP contribution in [0.25, 0.3) is 11.3 Å². The summed E-state index contributed by atoms with van der Waals surface area (Å²) in [5, 5.41) is 18.3. The first-order chi connectivity index (χ1) is 14.1. The number of phenolic OH excluding ortho intramolecular Hbond substituents is 1. The number of phenols is 1. The van der Waals surface area contributed by atoms with E-state index in [0.29, 0.717) is 28.8 Å². The van der Waals surface area contributed by atoms with Crippen LogP contribution in [0.2, 0.25) is 0 Å². The Hall–Kier alpha value is -3.08. The molecule has 2 aliphatic rings. The van der Waals surface area contributed by atoms with Gasteiger partial charge in [-0.2, -0.15) is 5.10 Å². The average Bonchev–Trinajstić information content (AvgIpc) is 3.66. The molecule has 2 saturated carbocycles. The summed E-state index contributed by atoms with van der Waals surface area (Å²) in [6, 6.07) is 15.5. The van der Waals surface area contributed by atoms with Gasteiger partial charge in [0.1, 0.15) is 5.75 Å². The van der Waals surface area contributed by atoms with Crippen molar-refractivity contribution in [3.8, 4) is 17.0 Å². The lowest BCUT2D eigenvalue weighted by atomic mass is 10.1. The van der Waals surface area contributed by atoms with E-state index in [0.717, 1.165) is 12.1 Å². The topological polar surface area (TPSA) is 67.2 Å². The first-order valence-electron chi connectivity index (χ1n) is 10.5. The van der Waals surface area contributed by atoms with Crippen LogP contribution >= 0.6 is 0 Å². The number of nitrogens with one attached hydrogen (secondary N) is 1. The molecule has 3 aromatic rings. The molecule has 2 N–H and O–H groups in total. The van der Waals surface area contributed by atoms with Gasteiger partial charge in [0.15, 0.2) is 0 Å². The number of amides is 1. The number of benzene rings is 2. The third-order valence-corrected chi connectivity index (χ3v) is 5.81. The van der Waals surface area contributed by atoms with E-state index >= 15 is 0 Å². The number of rotatable bonds is 6. The molecule has 0 spiro atoms. The Morgan fingerprint density at radius 2 is 1.86 bits per heavy atom. The minimum atomic E-state index is -0.186. The lowest BCUT2D eigenvalue weighted by Crippen LogP contribution is -2.11. The molecular formula is C24H25N3O2. The maximum absolute atomic E-state index is 12.5. The molecule has 148 valence electrons. The van der Waals surface area contributed by atoms with Crippen molar-refractivity contribution in [2.45, 2.75) is 51.0 Å². The first-order valence-corrected chi connectivity index (χ1v) is 10.5. The van der Waals surface area contributed by atoms with Gasteiger partial charge < -0.3 is 10.4 Å². The molecule has 1 heterocycles. The standard InChI is InChI=1S/C24H25N3O2/c1-2-15-3-5-17(6-4-15)24(29)25-18-9-12-20(23(28)13-18)21-14-22(16-7-8-16)27(26-21)19-10-11-19/h3-6,9,12-14,16,19,28H,2,7-8,10-11H2,1H3,(H,25,29). The second-order valence-corrected chi connectivity index (χ2v) is 8.14. The largest absolute Gasteiger partial charge is 0.507 e. The third-order valence-electron chi connectivity index (χ3n) is 5.81. The minimum absolute atomic E-state index is 0.131. The average molecular weight is 387 g/mol. The van der Waals surface area contributed by atoms with E-state index in [2.05, 4.69) is 23.0 Å². The summed E-state index contributed by atoms with van der Waals surface area (Å²) in [7, 11) is 0. The highest BCUT2D eigenvalue weighted by Gasteiger charge is 2.34. The van der Waals surface area contributed by atoms with Crippen LogP contribution in [0.5, 0.6) is 5.75 Å². The SMILES string of the molecule is CCc1ccc(C(=O)Nc2ccc(-c3cc(C4CC4)n(C4CC4)n3)c(O)c2)cc1. The lowest BCUT2D eigenvalue weighted by molar-refractivity contribution is 0.102. The van der Waals surface area contributed by atoms with Gasteiger partial charge in [-0.25, -0.2) is 0 Å². The Labute approximate surface area is 170 Å². The molecule has 2 fully saturated rings. The zero-order chi connectivity index (χ0) is 20.0. The van der Waals surface area contributed by atoms with Crippen LogP contribution in [0, 0.1) is 0 Å². The van der Waals surface area contributed by atoms with Gasteiger partial charge in [-0.3, -0.25) is 9.48 Å². The molecule has 29 heavy (non-hydrogen) atoms. The maximum atomic E-state index is 12.5. The quantitative estimate of drug-likeness (QED) is 0.604. The van der Waals surface area contributed by atoms with Gasteiger partial charge in [-0.1, -0.05) is 19.1 Å². The lowest BCUT2D eigenvalue weighted by Gasteiger charge is -2.08. The second kappa shape index (κ2) is 7.07. The van der Waals surface area contributed by atoms with Crippen molar-refractivity contribution in [2.75, 3.05) is 5.32 Å². The van der Waals surface area contributed by atoms with Crippen LogP contribution in [0.4, 0.5) is 5.69 Å². The Morgan fingerprint density at radius 1 is 1.10 bits per heavy atom. The van der Waals surface area contributed by atoms with Crippen molar-refractivity contribution in [3.63, 3.8) is 0 Å². The van der Waals surface area contributed by atoms with Crippen LogP contribution in [-0.2, 0) is 6.42 Å². The Balaban J connectivity index is 1.36. The fourth-order valence-electron chi connectivity index (χ4n) is 3.76. The van der Waals surface area contributed by atoms with E-state index in [-0.39, 0.29) is 11.7 Å². The smallest absolute Gasteiger partial charge is 0.255 e. The number of nitrogens with zero attached hydrogens (tertiary/aromatic N) is 2. The fraction of sp³-hybridized carbons (Fsp3) is 0.333. The number of aromatic nitrogens is 2. The van der Waals surface area contributed by atoms with E-state index in [9.17, 15) is 9.90 Å². The van der Waals surface area contributed by atoms with Gasteiger partial charge in [-0.05, 0) is 68.0 Å². The summed E-state index contributed by atoms with van der Waals surface area (Å²) < 4.78 is 2.17. The molecule has 0 radical (unpaired) electrons. The van der Waals surface area contributed by atoms with Crippen LogP contribution in [0.3, 0.4) is 0 Å². The second-order valence-electron chi connectivity index (χ2n) is 8.14. The molecule has 5 heteroatoms. The number of hydrogen-bond acceptors (Lipinski definition) is 3. The molecule has 2 aromatic carbocycles. The van der Waals surface area contributed by atoms with Gasteiger partial charge >= 0.3 is 0 Å². The van der Waals surface area contributed by atoms with Crippen molar-refractivity contribution in [2.24, 2.45) is 0 Å². The van der Waals surface area contributed by atoms with Crippen molar-refractivity contribution in [3.05, 3.63) is 65.4 Å².